The number of aromatic nitrogens is 2. The molecule has 0 unspecified atom stereocenters. The van der Waals surface area contributed by atoms with Crippen LogP contribution in [0.3, 0.4) is 0 Å². The Morgan fingerprint density at radius 3 is 2.50 bits per heavy atom. The summed E-state index contributed by atoms with van der Waals surface area (Å²) in [5, 5.41) is 5.33. The third-order valence-electron chi connectivity index (χ3n) is 5.94. The first kappa shape index (κ1) is 22.3. The van der Waals surface area contributed by atoms with E-state index in [2.05, 4.69) is 31.1 Å². The summed E-state index contributed by atoms with van der Waals surface area (Å²) < 4.78 is 6.52. The minimum atomic E-state index is -0.231. The molecule has 2 heterocycles. The molecule has 0 saturated heterocycles. The van der Waals surface area contributed by atoms with Crippen LogP contribution in [0.4, 0.5) is 5.13 Å². The number of carbonyl (C=O) groups is 1. The summed E-state index contributed by atoms with van der Waals surface area (Å²) in [5.41, 5.74) is 5.66. The van der Waals surface area contributed by atoms with Crippen LogP contribution in [-0.2, 0) is 6.54 Å². The number of aryl methyl sites for hydroxylation is 3. The number of halogens is 1. The predicted octanol–water partition coefficient (Wildman–Crippen LogP) is 7.38. The van der Waals surface area contributed by atoms with E-state index in [0.29, 0.717) is 39.3 Å². The fraction of sp³-hybridized carbons (Fsp3) is 0.148. The van der Waals surface area contributed by atoms with Crippen LogP contribution in [0, 0.1) is 20.8 Å². The number of benzene rings is 3. The van der Waals surface area contributed by atoms with Gasteiger partial charge in [-0.05, 0) is 49.6 Å². The van der Waals surface area contributed by atoms with Gasteiger partial charge in [-0.25, -0.2) is 4.98 Å². The van der Waals surface area contributed by atoms with E-state index in [9.17, 15) is 4.79 Å². The van der Waals surface area contributed by atoms with Gasteiger partial charge in [-0.15, -0.1) is 0 Å². The van der Waals surface area contributed by atoms with Gasteiger partial charge in [0.25, 0.3) is 5.91 Å². The monoisotopic (exact) mass is 487 g/mol. The first-order valence-electron chi connectivity index (χ1n) is 10.9. The van der Waals surface area contributed by atoms with E-state index in [1.165, 1.54) is 16.9 Å². The van der Waals surface area contributed by atoms with Crippen LogP contribution in [-0.4, -0.2) is 16.0 Å². The fourth-order valence-corrected chi connectivity index (χ4v) is 5.17. The molecule has 0 fully saturated rings. The summed E-state index contributed by atoms with van der Waals surface area (Å²) >= 11 is 7.94. The molecule has 5 rings (SSSR count). The van der Waals surface area contributed by atoms with Crippen LogP contribution in [0.1, 0.15) is 32.8 Å². The van der Waals surface area contributed by atoms with Gasteiger partial charge in [0.2, 0.25) is 0 Å². The molecule has 34 heavy (non-hydrogen) atoms. The Morgan fingerprint density at radius 1 is 1.00 bits per heavy atom. The molecule has 3 aromatic carbocycles. The van der Waals surface area contributed by atoms with Gasteiger partial charge in [0.05, 0.1) is 21.8 Å². The summed E-state index contributed by atoms with van der Waals surface area (Å²) in [6, 6.07) is 21.3. The molecule has 0 aliphatic rings. The molecule has 170 valence electrons. The van der Waals surface area contributed by atoms with E-state index in [4.69, 9.17) is 21.1 Å². The Kier molecular flexibility index (Phi) is 5.94. The SMILES string of the molecule is Cc1ccc2sc(N(Cc3ccccc3)C(=O)c3c(-c4ccccc4Cl)noc3C)nc2c1C. The molecular weight excluding hydrogens is 466 g/mol. The molecule has 7 heteroatoms. The van der Waals surface area contributed by atoms with Crippen molar-refractivity contribution < 1.29 is 9.32 Å². The second kappa shape index (κ2) is 9.05. The highest BCUT2D eigenvalue weighted by atomic mass is 35.5. The molecule has 0 atom stereocenters. The first-order chi connectivity index (χ1) is 16.4. The van der Waals surface area contributed by atoms with Crippen molar-refractivity contribution in [3.05, 3.63) is 99.8 Å². The molecule has 0 aliphatic heterocycles. The summed E-state index contributed by atoms with van der Waals surface area (Å²) in [6.07, 6.45) is 0. The molecule has 5 aromatic rings. The van der Waals surface area contributed by atoms with Crippen molar-refractivity contribution in [1.82, 2.24) is 10.1 Å². The van der Waals surface area contributed by atoms with E-state index in [1.807, 2.05) is 48.5 Å². The summed E-state index contributed by atoms with van der Waals surface area (Å²) in [5.74, 6) is 0.206. The molecule has 0 radical (unpaired) electrons. The summed E-state index contributed by atoms with van der Waals surface area (Å²) in [4.78, 5) is 20.7. The smallest absolute Gasteiger partial charge is 0.266 e. The van der Waals surface area contributed by atoms with Crippen LogP contribution < -0.4 is 4.90 Å². The quantitative estimate of drug-likeness (QED) is 0.259. The molecule has 1 amide bonds. The molecule has 5 nitrogen and oxygen atoms in total. The topological polar surface area (TPSA) is 59.2 Å². The van der Waals surface area contributed by atoms with Crippen molar-refractivity contribution in [1.29, 1.82) is 0 Å². The Labute approximate surface area is 206 Å². The lowest BCUT2D eigenvalue weighted by atomic mass is 10.0. The average molecular weight is 488 g/mol. The Hall–Kier alpha value is -3.48. The lowest BCUT2D eigenvalue weighted by molar-refractivity contribution is 0.0984. The molecule has 0 N–H and O–H groups in total. The number of anilines is 1. The van der Waals surface area contributed by atoms with Crippen LogP contribution >= 0.6 is 22.9 Å². The lowest BCUT2D eigenvalue weighted by Crippen LogP contribution is -2.31. The van der Waals surface area contributed by atoms with E-state index in [-0.39, 0.29) is 5.91 Å². The third-order valence-corrected chi connectivity index (χ3v) is 7.31. The number of nitrogens with zero attached hydrogens (tertiary/aromatic N) is 3. The van der Waals surface area contributed by atoms with Crippen LogP contribution in [0.15, 0.2) is 71.3 Å². The van der Waals surface area contributed by atoms with Crippen molar-refractivity contribution in [3.8, 4) is 11.3 Å². The zero-order valence-electron chi connectivity index (χ0n) is 19.0. The first-order valence-corrected chi connectivity index (χ1v) is 12.1. The van der Waals surface area contributed by atoms with Crippen molar-refractivity contribution in [2.45, 2.75) is 27.3 Å². The molecule has 0 spiro atoms. The number of fused-ring (bicyclic) bond motifs is 1. The molecule has 0 aliphatic carbocycles. The van der Waals surface area contributed by atoms with E-state index in [0.717, 1.165) is 21.3 Å². The van der Waals surface area contributed by atoms with Gasteiger partial charge in [-0.2, -0.15) is 0 Å². The fourth-order valence-electron chi connectivity index (χ4n) is 3.92. The van der Waals surface area contributed by atoms with Crippen molar-refractivity contribution >= 4 is 44.2 Å². The largest absolute Gasteiger partial charge is 0.360 e. The molecular formula is C27H22ClN3O2S. The predicted molar refractivity (Wildman–Crippen MR) is 138 cm³/mol. The Morgan fingerprint density at radius 2 is 1.74 bits per heavy atom. The number of hydrogen-bond donors (Lipinski definition) is 0. The van der Waals surface area contributed by atoms with E-state index >= 15 is 0 Å². The standard InChI is InChI=1S/C27H22ClN3O2S/c1-16-13-14-22-24(17(16)2)29-27(34-22)31(15-19-9-5-4-6-10-19)26(32)23-18(3)33-30-25(23)20-11-7-8-12-21(20)28/h4-14H,15H2,1-3H3. The van der Waals surface area contributed by atoms with Crippen molar-refractivity contribution in [2.24, 2.45) is 0 Å². The van der Waals surface area contributed by atoms with Crippen LogP contribution in [0.5, 0.6) is 0 Å². The van der Waals surface area contributed by atoms with Gasteiger partial charge in [-0.1, -0.05) is 82.7 Å². The average Bonchev–Trinajstić information content (AvgIpc) is 3.44. The molecule has 2 aromatic heterocycles. The number of amides is 1. The lowest BCUT2D eigenvalue weighted by Gasteiger charge is -2.20. The zero-order valence-corrected chi connectivity index (χ0v) is 20.6. The molecule has 0 saturated carbocycles. The van der Waals surface area contributed by atoms with Crippen molar-refractivity contribution in [3.63, 3.8) is 0 Å². The van der Waals surface area contributed by atoms with Gasteiger partial charge in [0, 0.05) is 5.56 Å². The normalized spacial score (nSPS) is 11.2. The van der Waals surface area contributed by atoms with Gasteiger partial charge in [-0.3, -0.25) is 9.69 Å². The molecule has 0 bridgehead atoms. The third kappa shape index (κ3) is 4.00. The number of hydrogen-bond acceptors (Lipinski definition) is 5. The van der Waals surface area contributed by atoms with Crippen LogP contribution in [0.2, 0.25) is 5.02 Å². The highest BCUT2D eigenvalue weighted by Crippen LogP contribution is 2.36. The minimum Gasteiger partial charge on any atom is -0.360 e. The maximum atomic E-state index is 14.1. The van der Waals surface area contributed by atoms with Gasteiger partial charge >= 0.3 is 0 Å². The number of carbonyl (C=O) groups excluding carboxylic acids is 1. The minimum absolute atomic E-state index is 0.231. The Bertz CT molecular complexity index is 1510. The second-order valence-corrected chi connectivity index (χ2v) is 9.59. The maximum Gasteiger partial charge on any atom is 0.266 e. The van der Waals surface area contributed by atoms with Gasteiger partial charge in [0.15, 0.2) is 5.13 Å². The highest BCUT2D eigenvalue weighted by molar-refractivity contribution is 7.22. The summed E-state index contributed by atoms with van der Waals surface area (Å²) in [7, 11) is 0. The van der Waals surface area contributed by atoms with Gasteiger partial charge < -0.3 is 4.52 Å². The number of thiazole rings is 1. The Balaban J connectivity index is 1.65. The van der Waals surface area contributed by atoms with Gasteiger partial charge in [0.1, 0.15) is 17.0 Å². The summed E-state index contributed by atoms with van der Waals surface area (Å²) in [6.45, 7) is 6.23. The van der Waals surface area contributed by atoms with E-state index < -0.39 is 0 Å². The number of rotatable bonds is 5. The zero-order chi connectivity index (χ0) is 23.8. The second-order valence-electron chi connectivity index (χ2n) is 8.17. The van der Waals surface area contributed by atoms with Crippen LogP contribution in [0.25, 0.3) is 21.5 Å². The van der Waals surface area contributed by atoms with Crippen molar-refractivity contribution in [2.75, 3.05) is 4.90 Å². The van der Waals surface area contributed by atoms with E-state index in [1.54, 1.807) is 17.9 Å². The maximum absolute atomic E-state index is 14.1. The highest BCUT2D eigenvalue weighted by Gasteiger charge is 2.30.